The molecule has 0 fully saturated rings. The lowest BCUT2D eigenvalue weighted by molar-refractivity contribution is -0.384. The second-order valence-corrected chi connectivity index (χ2v) is 6.89. The maximum absolute atomic E-state index is 12.2. The smallest absolute Gasteiger partial charge is 0.293 e. The lowest BCUT2D eigenvalue weighted by atomic mass is 10.3. The fraction of sp³-hybridized carbons (Fsp3) is 0.167. The first kappa shape index (κ1) is 15.4. The molecule has 2 N–H and O–H groups in total. The first-order valence-electron chi connectivity index (χ1n) is 5.92. The van der Waals surface area contributed by atoms with Crippen molar-refractivity contribution < 1.29 is 13.3 Å². The van der Waals surface area contributed by atoms with Crippen molar-refractivity contribution in [3.63, 3.8) is 0 Å². The number of benzene rings is 1. The van der Waals surface area contributed by atoms with Crippen LogP contribution in [-0.2, 0) is 16.6 Å². The van der Waals surface area contributed by atoms with Crippen LogP contribution in [0.2, 0.25) is 0 Å². The fourth-order valence-corrected chi connectivity index (χ4v) is 3.47. The van der Waals surface area contributed by atoms with Crippen molar-refractivity contribution in [2.24, 2.45) is 0 Å². The number of anilines is 1. The lowest BCUT2D eigenvalue weighted by Gasteiger charge is -2.07. The molecule has 1 aromatic carbocycles. The summed E-state index contributed by atoms with van der Waals surface area (Å²) in [4.78, 5) is 11.1. The van der Waals surface area contributed by atoms with Crippen molar-refractivity contribution in [3.8, 4) is 0 Å². The summed E-state index contributed by atoms with van der Waals surface area (Å²) in [6.07, 6.45) is 0. The molecule has 0 radical (unpaired) electrons. The summed E-state index contributed by atoms with van der Waals surface area (Å²) in [6, 6.07) is 7.37. The standard InChI is InChI=1S/C12H13N3O4S2/c1-13-11-5-4-10(7-12(11)15(16)17)21(18,19)14-8-9-3-2-6-20-9/h2-7,13-14H,8H2,1H3. The van der Waals surface area contributed by atoms with Crippen LogP contribution in [-0.4, -0.2) is 20.4 Å². The van der Waals surface area contributed by atoms with E-state index in [0.29, 0.717) is 0 Å². The molecule has 0 unspecified atom stereocenters. The molecule has 2 rings (SSSR count). The van der Waals surface area contributed by atoms with Crippen LogP contribution < -0.4 is 10.0 Å². The minimum Gasteiger partial charge on any atom is -0.383 e. The highest BCUT2D eigenvalue weighted by Crippen LogP contribution is 2.27. The molecule has 112 valence electrons. The minimum absolute atomic E-state index is 0.134. The summed E-state index contributed by atoms with van der Waals surface area (Å²) in [5, 5.41) is 15.5. The zero-order valence-corrected chi connectivity index (χ0v) is 12.7. The predicted molar refractivity (Wildman–Crippen MR) is 81.0 cm³/mol. The number of hydrogen-bond donors (Lipinski definition) is 2. The molecule has 9 heteroatoms. The molecule has 0 amide bonds. The summed E-state index contributed by atoms with van der Waals surface area (Å²) in [6.45, 7) is 0.154. The molecule has 1 heterocycles. The quantitative estimate of drug-likeness (QED) is 0.625. The van der Waals surface area contributed by atoms with Crippen LogP contribution in [0.5, 0.6) is 0 Å². The molecule has 0 spiro atoms. The van der Waals surface area contributed by atoms with E-state index < -0.39 is 14.9 Å². The molecule has 2 aromatic rings. The molecule has 1 aromatic heterocycles. The third-order valence-electron chi connectivity index (χ3n) is 2.76. The van der Waals surface area contributed by atoms with Gasteiger partial charge in [0.2, 0.25) is 10.0 Å². The molecule has 0 aliphatic carbocycles. The highest BCUT2D eigenvalue weighted by Gasteiger charge is 2.20. The zero-order chi connectivity index (χ0) is 15.5. The normalized spacial score (nSPS) is 11.3. The highest BCUT2D eigenvalue weighted by atomic mass is 32.2. The molecule has 0 aliphatic rings. The van der Waals surface area contributed by atoms with Crippen LogP contribution >= 0.6 is 11.3 Å². The summed E-state index contributed by atoms with van der Waals surface area (Å²) in [5.74, 6) is 0. The Labute approximate surface area is 125 Å². The van der Waals surface area contributed by atoms with E-state index in [9.17, 15) is 18.5 Å². The number of nitrogens with zero attached hydrogens (tertiary/aromatic N) is 1. The van der Waals surface area contributed by atoms with E-state index in [1.807, 2.05) is 11.4 Å². The summed E-state index contributed by atoms with van der Waals surface area (Å²) < 4.78 is 26.7. The van der Waals surface area contributed by atoms with E-state index in [0.717, 1.165) is 10.9 Å². The number of sulfonamides is 1. The van der Waals surface area contributed by atoms with E-state index in [-0.39, 0.29) is 22.8 Å². The molecule has 0 aliphatic heterocycles. The fourth-order valence-electron chi connectivity index (χ4n) is 1.70. The number of nitro benzene ring substituents is 1. The number of hydrogen-bond acceptors (Lipinski definition) is 6. The van der Waals surface area contributed by atoms with Crippen LogP contribution in [0.1, 0.15) is 4.88 Å². The van der Waals surface area contributed by atoms with Gasteiger partial charge in [-0.2, -0.15) is 0 Å². The third kappa shape index (κ3) is 3.57. The van der Waals surface area contributed by atoms with Crippen molar-refractivity contribution >= 4 is 32.7 Å². The van der Waals surface area contributed by atoms with Crippen LogP contribution in [0.15, 0.2) is 40.6 Å². The summed E-state index contributed by atoms with van der Waals surface area (Å²) in [7, 11) is -2.26. The van der Waals surface area contributed by atoms with E-state index in [2.05, 4.69) is 10.0 Å². The van der Waals surface area contributed by atoms with E-state index in [1.165, 1.54) is 30.5 Å². The van der Waals surface area contributed by atoms with Crippen LogP contribution in [0.4, 0.5) is 11.4 Å². The number of rotatable bonds is 6. The van der Waals surface area contributed by atoms with Crippen molar-refractivity contribution in [2.75, 3.05) is 12.4 Å². The SMILES string of the molecule is CNc1ccc(S(=O)(=O)NCc2cccs2)cc1[N+](=O)[O-]. The molecule has 21 heavy (non-hydrogen) atoms. The summed E-state index contributed by atoms with van der Waals surface area (Å²) >= 11 is 1.43. The maximum Gasteiger partial charge on any atom is 0.293 e. The van der Waals surface area contributed by atoms with Gasteiger partial charge in [0.15, 0.2) is 0 Å². The van der Waals surface area contributed by atoms with Gasteiger partial charge < -0.3 is 5.32 Å². The molecule has 0 atom stereocenters. The Kier molecular flexibility index (Phi) is 4.56. The first-order chi connectivity index (χ1) is 9.94. The average molecular weight is 327 g/mol. The Morgan fingerprint density at radius 3 is 2.67 bits per heavy atom. The van der Waals surface area contributed by atoms with Gasteiger partial charge in [-0.3, -0.25) is 10.1 Å². The molecule has 0 saturated carbocycles. The van der Waals surface area contributed by atoms with E-state index in [4.69, 9.17) is 0 Å². The number of thiophene rings is 1. The highest BCUT2D eigenvalue weighted by molar-refractivity contribution is 7.89. The van der Waals surface area contributed by atoms with Gasteiger partial charge >= 0.3 is 0 Å². The van der Waals surface area contributed by atoms with Gasteiger partial charge in [-0.15, -0.1) is 11.3 Å². The van der Waals surface area contributed by atoms with Crippen LogP contribution in [0.25, 0.3) is 0 Å². The first-order valence-corrected chi connectivity index (χ1v) is 8.28. The van der Waals surface area contributed by atoms with Gasteiger partial charge in [-0.05, 0) is 23.6 Å². The van der Waals surface area contributed by atoms with E-state index >= 15 is 0 Å². The number of nitro groups is 1. The van der Waals surface area contributed by atoms with Crippen molar-refractivity contribution in [2.45, 2.75) is 11.4 Å². The monoisotopic (exact) mass is 327 g/mol. The Morgan fingerprint density at radius 2 is 2.10 bits per heavy atom. The molecule has 7 nitrogen and oxygen atoms in total. The van der Waals surface area contributed by atoms with Gasteiger partial charge in [-0.25, -0.2) is 13.1 Å². The van der Waals surface area contributed by atoms with Gasteiger partial charge in [-0.1, -0.05) is 6.07 Å². The molecular weight excluding hydrogens is 314 g/mol. The van der Waals surface area contributed by atoms with Gasteiger partial charge in [0, 0.05) is 24.5 Å². The third-order valence-corrected chi connectivity index (χ3v) is 5.04. The topological polar surface area (TPSA) is 101 Å². The lowest BCUT2D eigenvalue weighted by Crippen LogP contribution is -2.22. The van der Waals surface area contributed by atoms with Gasteiger partial charge in [0.25, 0.3) is 5.69 Å². The Morgan fingerprint density at radius 1 is 1.33 bits per heavy atom. The Hall–Kier alpha value is -1.97. The molecule has 0 saturated heterocycles. The van der Waals surface area contributed by atoms with Crippen molar-refractivity contribution in [1.29, 1.82) is 0 Å². The van der Waals surface area contributed by atoms with Crippen molar-refractivity contribution in [3.05, 3.63) is 50.7 Å². The van der Waals surface area contributed by atoms with Gasteiger partial charge in [0.05, 0.1) is 9.82 Å². The van der Waals surface area contributed by atoms with Crippen LogP contribution in [0.3, 0.4) is 0 Å². The number of nitrogens with one attached hydrogen (secondary N) is 2. The predicted octanol–water partition coefficient (Wildman–Crippen LogP) is 2.18. The zero-order valence-electron chi connectivity index (χ0n) is 11.1. The minimum atomic E-state index is -3.79. The molecule has 0 bridgehead atoms. The largest absolute Gasteiger partial charge is 0.383 e. The maximum atomic E-state index is 12.2. The second-order valence-electron chi connectivity index (χ2n) is 4.09. The van der Waals surface area contributed by atoms with Crippen molar-refractivity contribution in [1.82, 2.24) is 4.72 Å². The second kappa shape index (κ2) is 6.20. The average Bonchev–Trinajstić information content (AvgIpc) is 2.97. The van der Waals surface area contributed by atoms with E-state index in [1.54, 1.807) is 6.07 Å². The Balaban J connectivity index is 2.27. The summed E-state index contributed by atoms with van der Waals surface area (Å²) in [5.41, 5.74) is -0.0197. The Bertz CT molecular complexity index is 742. The molecular formula is C12H13N3O4S2. The van der Waals surface area contributed by atoms with Crippen LogP contribution in [0, 0.1) is 10.1 Å². The van der Waals surface area contributed by atoms with Gasteiger partial charge in [0.1, 0.15) is 5.69 Å².